The Morgan fingerprint density at radius 1 is 1.30 bits per heavy atom. The molecule has 1 aromatic heterocycles. The number of nitrogens with zero attached hydrogens (tertiary/aromatic N) is 1. The van der Waals surface area contributed by atoms with Crippen LogP contribution in [0.15, 0.2) is 30.3 Å². The Balaban J connectivity index is 2.34. The normalized spacial score (nSPS) is 13.2. The first-order valence-corrected chi connectivity index (χ1v) is 8.33. The molecule has 0 aliphatic rings. The van der Waals surface area contributed by atoms with Crippen molar-refractivity contribution in [3.8, 4) is 5.88 Å². The lowest BCUT2D eigenvalue weighted by Crippen LogP contribution is -2.25. The molecule has 0 saturated carbocycles. The molecule has 1 N–H and O–H groups in total. The summed E-state index contributed by atoms with van der Waals surface area (Å²) in [5.74, 6) is 0.607. The first kappa shape index (κ1) is 14.6. The third kappa shape index (κ3) is 3.60. The molecule has 1 atom stereocenters. The number of fused-ring (bicyclic) bond motifs is 1. The van der Waals surface area contributed by atoms with Gasteiger partial charge in [0, 0.05) is 23.8 Å². The van der Waals surface area contributed by atoms with Crippen molar-refractivity contribution in [1.82, 2.24) is 4.98 Å². The highest BCUT2D eigenvalue weighted by molar-refractivity contribution is 7.90. The molecule has 0 unspecified atom stereocenters. The lowest BCUT2D eigenvalue weighted by atomic mass is 10.2. The smallest absolute Gasteiger partial charge is 0.213 e. The summed E-state index contributed by atoms with van der Waals surface area (Å²) in [6.07, 6.45) is 1.23. The third-order valence-electron chi connectivity index (χ3n) is 2.86. The van der Waals surface area contributed by atoms with Gasteiger partial charge >= 0.3 is 0 Å². The molecule has 0 amide bonds. The summed E-state index contributed by atoms with van der Waals surface area (Å²) in [4.78, 5) is 4.41. The molecule has 0 radical (unpaired) electrons. The van der Waals surface area contributed by atoms with Gasteiger partial charge in [0.05, 0.1) is 24.1 Å². The van der Waals surface area contributed by atoms with Crippen LogP contribution in [0.2, 0.25) is 0 Å². The van der Waals surface area contributed by atoms with E-state index in [9.17, 15) is 8.42 Å². The Labute approximate surface area is 118 Å². The molecule has 2 rings (SSSR count). The van der Waals surface area contributed by atoms with E-state index in [4.69, 9.17) is 4.74 Å². The van der Waals surface area contributed by atoms with Crippen molar-refractivity contribution in [2.45, 2.75) is 13.0 Å². The van der Waals surface area contributed by atoms with E-state index in [-0.39, 0.29) is 11.8 Å². The maximum atomic E-state index is 11.3. The summed E-state index contributed by atoms with van der Waals surface area (Å²) in [6.45, 7) is 1.83. The molecule has 0 spiro atoms. The summed E-state index contributed by atoms with van der Waals surface area (Å²) in [5.41, 5.74) is 1.57. The fourth-order valence-electron chi connectivity index (χ4n) is 2.12. The predicted octanol–water partition coefficient (Wildman–Crippen LogP) is 2.09. The van der Waals surface area contributed by atoms with Gasteiger partial charge in [0.2, 0.25) is 5.88 Å². The highest BCUT2D eigenvalue weighted by Crippen LogP contribution is 2.24. The molecular weight excluding hydrogens is 276 g/mol. The Kier molecular flexibility index (Phi) is 4.13. The molecule has 0 bridgehead atoms. The van der Waals surface area contributed by atoms with Crippen LogP contribution in [0.1, 0.15) is 6.92 Å². The van der Waals surface area contributed by atoms with E-state index in [1.807, 2.05) is 31.2 Å². The Morgan fingerprint density at radius 2 is 2.05 bits per heavy atom. The third-order valence-corrected chi connectivity index (χ3v) is 3.96. The zero-order valence-electron chi connectivity index (χ0n) is 11.8. The van der Waals surface area contributed by atoms with E-state index in [2.05, 4.69) is 10.3 Å². The zero-order valence-corrected chi connectivity index (χ0v) is 12.6. The monoisotopic (exact) mass is 294 g/mol. The quantitative estimate of drug-likeness (QED) is 0.914. The van der Waals surface area contributed by atoms with Crippen LogP contribution in [0.5, 0.6) is 5.88 Å². The number of aromatic nitrogens is 1. The molecule has 1 heterocycles. The molecule has 5 nitrogen and oxygen atoms in total. The number of para-hydroxylation sites is 1. The molecular formula is C14H18N2O3S. The molecule has 1 aromatic carbocycles. The number of rotatable bonds is 5. The van der Waals surface area contributed by atoms with E-state index in [1.165, 1.54) is 6.26 Å². The van der Waals surface area contributed by atoms with Gasteiger partial charge in [-0.2, -0.15) is 0 Å². The second-order valence-corrected chi connectivity index (χ2v) is 7.05. The standard InChI is InChI=1S/C14H18N2O3S/c1-10(9-20(3,17)18)15-12-6-4-5-11-7-8-13(19-2)16-14(11)12/h4-8,10,15H,9H2,1-3H3/t10-/m1/s1. The van der Waals surface area contributed by atoms with Gasteiger partial charge in [-0.1, -0.05) is 12.1 Å². The van der Waals surface area contributed by atoms with Crippen LogP contribution in [0.25, 0.3) is 10.9 Å². The van der Waals surface area contributed by atoms with E-state index in [0.29, 0.717) is 5.88 Å². The second kappa shape index (κ2) is 5.66. The van der Waals surface area contributed by atoms with Gasteiger partial charge in [0.15, 0.2) is 0 Å². The Bertz CT molecular complexity index is 713. The number of hydrogen-bond acceptors (Lipinski definition) is 5. The maximum absolute atomic E-state index is 11.3. The second-order valence-electron chi connectivity index (χ2n) is 4.87. The first-order chi connectivity index (χ1) is 9.39. The van der Waals surface area contributed by atoms with E-state index >= 15 is 0 Å². The van der Waals surface area contributed by atoms with Crippen molar-refractivity contribution in [2.24, 2.45) is 0 Å². The van der Waals surface area contributed by atoms with Crippen LogP contribution in [0.3, 0.4) is 0 Å². The van der Waals surface area contributed by atoms with Gasteiger partial charge < -0.3 is 10.1 Å². The minimum atomic E-state index is -3.02. The van der Waals surface area contributed by atoms with Crippen LogP contribution in [0.4, 0.5) is 5.69 Å². The van der Waals surface area contributed by atoms with Crippen molar-refractivity contribution in [1.29, 1.82) is 0 Å². The molecule has 0 aliphatic carbocycles. The molecule has 108 valence electrons. The number of benzene rings is 1. The van der Waals surface area contributed by atoms with Gasteiger partial charge in [-0.05, 0) is 19.1 Å². The van der Waals surface area contributed by atoms with Gasteiger partial charge in [-0.25, -0.2) is 13.4 Å². The van der Waals surface area contributed by atoms with Gasteiger partial charge in [-0.15, -0.1) is 0 Å². The van der Waals surface area contributed by atoms with Crippen LogP contribution >= 0.6 is 0 Å². The van der Waals surface area contributed by atoms with Gasteiger partial charge in [-0.3, -0.25) is 0 Å². The summed E-state index contributed by atoms with van der Waals surface area (Å²) in [7, 11) is -1.45. The predicted molar refractivity (Wildman–Crippen MR) is 81.1 cm³/mol. The fraction of sp³-hybridized carbons (Fsp3) is 0.357. The Morgan fingerprint density at radius 3 is 2.70 bits per heavy atom. The first-order valence-electron chi connectivity index (χ1n) is 6.27. The summed E-state index contributed by atoms with van der Waals surface area (Å²) in [5, 5.41) is 4.17. The van der Waals surface area contributed by atoms with Gasteiger partial charge in [0.25, 0.3) is 0 Å². The van der Waals surface area contributed by atoms with Crippen molar-refractivity contribution in [3.63, 3.8) is 0 Å². The highest BCUT2D eigenvalue weighted by atomic mass is 32.2. The van der Waals surface area contributed by atoms with Crippen molar-refractivity contribution in [2.75, 3.05) is 24.4 Å². The molecule has 0 aliphatic heterocycles. The topological polar surface area (TPSA) is 68.3 Å². The molecule has 0 fully saturated rings. The van der Waals surface area contributed by atoms with E-state index < -0.39 is 9.84 Å². The summed E-state index contributed by atoms with van der Waals surface area (Å²) in [6, 6.07) is 9.27. The number of sulfone groups is 1. The number of ether oxygens (including phenoxy) is 1. The van der Waals surface area contributed by atoms with Crippen molar-refractivity contribution < 1.29 is 13.2 Å². The molecule has 2 aromatic rings. The summed E-state index contributed by atoms with van der Waals surface area (Å²) >= 11 is 0. The van der Waals surface area contributed by atoms with E-state index in [1.54, 1.807) is 13.2 Å². The zero-order chi connectivity index (χ0) is 14.8. The number of hydrogen-bond donors (Lipinski definition) is 1. The van der Waals surface area contributed by atoms with Crippen molar-refractivity contribution >= 4 is 26.4 Å². The number of pyridine rings is 1. The molecule has 20 heavy (non-hydrogen) atoms. The number of nitrogens with one attached hydrogen (secondary N) is 1. The minimum Gasteiger partial charge on any atom is -0.481 e. The fourth-order valence-corrected chi connectivity index (χ4v) is 3.11. The van der Waals surface area contributed by atoms with Crippen LogP contribution < -0.4 is 10.1 Å². The Hall–Kier alpha value is -1.82. The average molecular weight is 294 g/mol. The number of anilines is 1. The lowest BCUT2D eigenvalue weighted by Gasteiger charge is -2.15. The number of methoxy groups -OCH3 is 1. The van der Waals surface area contributed by atoms with Crippen LogP contribution in [-0.4, -0.2) is 38.6 Å². The molecule has 0 saturated heterocycles. The largest absolute Gasteiger partial charge is 0.481 e. The SMILES string of the molecule is COc1ccc2cccc(N[C@H](C)CS(C)(=O)=O)c2n1. The van der Waals surface area contributed by atoms with Crippen LogP contribution in [-0.2, 0) is 9.84 Å². The maximum Gasteiger partial charge on any atom is 0.213 e. The highest BCUT2D eigenvalue weighted by Gasteiger charge is 2.12. The van der Waals surface area contributed by atoms with Gasteiger partial charge in [0.1, 0.15) is 9.84 Å². The summed E-state index contributed by atoms with van der Waals surface area (Å²) < 4.78 is 27.8. The van der Waals surface area contributed by atoms with Crippen LogP contribution in [0, 0.1) is 0 Å². The van der Waals surface area contributed by atoms with Crippen molar-refractivity contribution in [3.05, 3.63) is 30.3 Å². The van der Waals surface area contributed by atoms with E-state index in [0.717, 1.165) is 16.6 Å². The average Bonchev–Trinajstić information content (AvgIpc) is 2.36. The lowest BCUT2D eigenvalue weighted by molar-refractivity contribution is 0.399. The molecule has 6 heteroatoms. The minimum absolute atomic E-state index is 0.0767.